The zero-order chi connectivity index (χ0) is 13.0. The first-order valence-electron chi connectivity index (χ1n) is 5.67. The van der Waals surface area contributed by atoms with E-state index < -0.39 is 0 Å². The van der Waals surface area contributed by atoms with Gasteiger partial charge in [-0.2, -0.15) is 5.26 Å². The number of hydrogen-bond acceptors (Lipinski definition) is 3. The summed E-state index contributed by atoms with van der Waals surface area (Å²) >= 11 is 6.09. The number of nitrogens with one attached hydrogen (secondary N) is 1. The second-order valence-electron chi connectivity index (χ2n) is 3.83. The Labute approximate surface area is 111 Å². The summed E-state index contributed by atoms with van der Waals surface area (Å²) in [6, 6.07) is 7.26. The first-order valence-corrected chi connectivity index (χ1v) is 6.05. The molecule has 0 unspecified atom stereocenters. The molecule has 0 atom stereocenters. The number of aryl methyl sites for hydroxylation is 1. The van der Waals surface area contributed by atoms with Crippen molar-refractivity contribution in [2.75, 3.05) is 5.32 Å². The molecule has 0 saturated carbocycles. The van der Waals surface area contributed by atoms with Crippen molar-refractivity contribution < 1.29 is 0 Å². The molecule has 1 N–H and O–H groups in total. The van der Waals surface area contributed by atoms with Crippen molar-refractivity contribution in [3.8, 4) is 6.07 Å². The van der Waals surface area contributed by atoms with Crippen LogP contribution >= 0.6 is 11.6 Å². The quantitative estimate of drug-likeness (QED) is 0.919. The highest BCUT2D eigenvalue weighted by Crippen LogP contribution is 2.23. The Morgan fingerprint density at radius 3 is 3.00 bits per heavy atom. The standard InChI is InChI=1S/C13H13ClN4/c1-2-18-9-16-7-11(18)8-17-13-4-3-10(6-15)5-12(13)14/h3-5,7,9,17H,2,8H2,1H3. The smallest absolute Gasteiger partial charge is 0.0992 e. The Morgan fingerprint density at radius 1 is 1.50 bits per heavy atom. The van der Waals surface area contributed by atoms with Crippen molar-refractivity contribution in [1.29, 1.82) is 5.26 Å². The highest BCUT2D eigenvalue weighted by Gasteiger charge is 2.04. The molecule has 92 valence electrons. The van der Waals surface area contributed by atoms with Crippen molar-refractivity contribution in [2.45, 2.75) is 20.0 Å². The molecule has 0 radical (unpaired) electrons. The summed E-state index contributed by atoms with van der Waals surface area (Å²) in [6.45, 7) is 3.61. The molecule has 18 heavy (non-hydrogen) atoms. The van der Waals surface area contributed by atoms with Crippen LogP contribution in [0.5, 0.6) is 0 Å². The van der Waals surface area contributed by atoms with Gasteiger partial charge in [0.2, 0.25) is 0 Å². The van der Waals surface area contributed by atoms with E-state index in [4.69, 9.17) is 16.9 Å². The minimum Gasteiger partial charge on any atom is -0.378 e. The fourth-order valence-electron chi connectivity index (χ4n) is 1.69. The van der Waals surface area contributed by atoms with Crippen LogP contribution in [-0.2, 0) is 13.1 Å². The highest BCUT2D eigenvalue weighted by atomic mass is 35.5. The molecule has 0 saturated heterocycles. The van der Waals surface area contributed by atoms with Crippen LogP contribution in [-0.4, -0.2) is 9.55 Å². The molecule has 0 amide bonds. The largest absolute Gasteiger partial charge is 0.378 e. The van der Waals surface area contributed by atoms with Crippen molar-refractivity contribution in [3.05, 3.63) is 47.0 Å². The van der Waals surface area contributed by atoms with E-state index in [1.807, 2.05) is 12.3 Å². The molecule has 0 bridgehead atoms. The zero-order valence-electron chi connectivity index (χ0n) is 10.0. The van der Waals surface area contributed by atoms with Gasteiger partial charge in [0.15, 0.2) is 0 Å². The second-order valence-corrected chi connectivity index (χ2v) is 4.24. The van der Waals surface area contributed by atoms with E-state index in [2.05, 4.69) is 27.9 Å². The molecule has 0 aliphatic rings. The van der Waals surface area contributed by atoms with Crippen LogP contribution in [0.4, 0.5) is 5.69 Å². The van der Waals surface area contributed by atoms with Gasteiger partial charge in [-0.05, 0) is 25.1 Å². The molecule has 5 heteroatoms. The molecular formula is C13H13ClN4. The maximum absolute atomic E-state index is 8.76. The number of rotatable bonds is 4. The van der Waals surface area contributed by atoms with Crippen LogP contribution in [0.15, 0.2) is 30.7 Å². The summed E-state index contributed by atoms with van der Waals surface area (Å²) in [5.41, 5.74) is 2.47. The predicted molar refractivity (Wildman–Crippen MR) is 71.4 cm³/mol. The van der Waals surface area contributed by atoms with E-state index >= 15 is 0 Å². The molecular weight excluding hydrogens is 248 g/mol. The van der Waals surface area contributed by atoms with Gasteiger partial charge in [-0.15, -0.1) is 0 Å². The van der Waals surface area contributed by atoms with Gasteiger partial charge in [-0.3, -0.25) is 0 Å². The molecule has 0 aliphatic carbocycles. The van der Waals surface area contributed by atoms with Crippen molar-refractivity contribution in [2.24, 2.45) is 0 Å². The minimum atomic E-state index is 0.552. The number of nitriles is 1. The van der Waals surface area contributed by atoms with Gasteiger partial charge in [-0.25, -0.2) is 4.98 Å². The van der Waals surface area contributed by atoms with Crippen LogP contribution < -0.4 is 5.32 Å². The lowest BCUT2D eigenvalue weighted by molar-refractivity contribution is 0.719. The number of imidazole rings is 1. The van der Waals surface area contributed by atoms with E-state index in [0.717, 1.165) is 17.9 Å². The number of benzene rings is 1. The van der Waals surface area contributed by atoms with Gasteiger partial charge in [0.25, 0.3) is 0 Å². The van der Waals surface area contributed by atoms with Gasteiger partial charge in [0.1, 0.15) is 0 Å². The molecule has 2 aromatic rings. The normalized spacial score (nSPS) is 10.1. The summed E-state index contributed by atoms with van der Waals surface area (Å²) in [4.78, 5) is 4.10. The Balaban J connectivity index is 2.09. The Morgan fingerprint density at radius 2 is 2.33 bits per heavy atom. The van der Waals surface area contributed by atoms with Crippen LogP contribution in [0.1, 0.15) is 18.2 Å². The molecule has 4 nitrogen and oxygen atoms in total. The molecule has 0 fully saturated rings. The molecule has 1 heterocycles. The SMILES string of the molecule is CCn1cncc1CNc1ccc(C#N)cc1Cl. The minimum absolute atomic E-state index is 0.552. The van der Waals surface area contributed by atoms with Crippen LogP contribution in [0.25, 0.3) is 0 Å². The average molecular weight is 261 g/mol. The summed E-state index contributed by atoms with van der Waals surface area (Å²) in [5, 5.41) is 12.6. The number of hydrogen-bond donors (Lipinski definition) is 1. The summed E-state index contributed by atoms with van der Waals surface area (Å²) < 4.78 is 2.06. The lowest BCUT2D eigenvalue weighted by atomic mass is 10.2. The molecule has 1 aromatic carbocycles. The third-order valence-corrected chi connectivity index (χ3v) is 3.01. The van der Waals surface area contributed by atoms with Crippen molar-refractivity contribution in [1.82, 2.24) is 9.55 Å². The van der Waals surface area contributed by atoms with E-state index in [-0.39, 0.29) is 0 Å². The predicted octanol–water partition coefficient (Wildman–Crippen LogP) is 3.04. The van der Waals surface area contributed by atoms with Crippen molar-refractivity contribution >= 4 is 17.3 Å². The monoisotopic (exact) mass is 260 g/mol. The first kappa shape index (κ1) is 12.5. The Hall–Kier alpha value is -1.99. The maximum atomic E-state index is 8.76. The number of anilines is 1. The fraction of sp³-hybridized carbons (Fsp3) is 0.231. The van der Waals surface area contributed by atoms with Gasteiger partial charge in [0.05, 0.1) is 40.9 Å². The number of nitrogens with zero attached hydrogens (tertiary/aromatic N) is 3. The van der Waals surface area contributed by atoms with Gasteiger partial charge < -0.3 is 9.88 Å². The average Bonchev–Trinajstić information content (AvgIpc) is 2.84. The third kappa shape index (κ3) is 2.63. The van der Waals surface area contributed by atoms with Gasteiger partial charge in [0, 0.05) is 12.7 Å². The number of aromatic nitrogens is 2. The van der Waals surface area contributed by atoms with E-state index in [1.54, 1.807) is 18.5 Å². The van der Waals surface area contributed by atoms with E-state index in [9.17, 15) is 0 Å². The molecule has 2 rings (SSSR count). The van der Waals surface area contributed by atoms with Gasteiger partial charge >= 0.3 is 0 Å². The zero-order valence-corrected chi connectivity index (χ0v) is 10.8. The first-order chi connectivity index (χ1) is 8.74. The van der Waals surface area contributed by atoms with Crippen LogP contribution in [0.2, 0.25) is 5.02 Å². The Bertz CT molecular complexity index is 583. The summed E-state index contributed by atoms with van der Waals surface area (Å²) in [5.74, 6) is 0. The van der Waals surface area contributed by atoms with Gasteiger partial charge in [-0.1, -0.05) is 11.6 Å². The fourth-order valence-corrected chi connectivity index (χ4v) is 1.94. The topological polar surface area (TPSA) is 53.6 Å². The molecule has 1 aromatic heterocycles. The lowest BCUT2D eigenvalue weighted by Crippen LogP contribution is -2.06. The number of halogens is 1. The van der Waals surface area contributed by atoms with Crippen LogP contribution in [0.3, 0.4) is 0 Å². The second kappa shape index (κ2) is 5.56. The molecule has 0 aliphatic heterocycles. The lowest BCUT2D eigenvalue weighted by Gasteiger charge is -2.09. The third-order valence-electron chi connectivity index (χ3n) is 2.70. The van der Waals surface area contributed by atoms with E-state index in [0.29, 0.717) is 17.1 Å². The highest BCUT2D eigenvalue weighted by molar-refractivity contribution is 6.33. The molecule has 0 spiro atoms. The Kier molecular flexibility index (Phi) is 3.85. The maximum Gasteiger partial charge on any atom is 0.0992 e. The summed E-state index contributed by atoms with van der Waals surface area (Å²) in [7, 11) is 0. The van der Waals surface area contributed by atoms with E-state index in [1.165, 1.54) is 0 Å². The van der Waals surface area contributed by atoms with Crippen LogP contribution in [0, 0.1) is 11.3 Å². The summed E-state index contributed by atoms with van der Waals surface area (Å²) in [6.07, 6.45) is 3.63. The van der Waals surface area contributed by atoms with Crippen molar-refractivity contribution in [3.63, 3.8) is 0 Å².